The van der Waals surface area contributed by atoms with Gasteiger partial charge in [-0.15, -0.1) is 0 Å². The van der Waals surface area contributed by atoms with E-state index in [0.29, 0.717) is 24.4 Å². The molecular formula is C23H28N2O2. The second-order valence-electron chi connectivity index (χ2n) is 6.80. The van der Waals surface area contributed by atoms with Gasteiger partial charge in [-0.2, -0.15) is 0 Å². The number of carbonyl (C=O) groups is 1. The Morgan fingerprint density at radius 3 is 2.15 bits per heavy atom. The summed E-state index contributed by atoms with van der Waals surface area (Å²) in [5.41, 5.74) is 5.05. The molecule has 0 aromatic heterocycles. The average Bonchev–Trinajstić information content (AvgIpc) is 2.72. The third-order valence-electron chi connectivity index (χ3n) is 5.21. The number of hydrogen-bond donors (Lipinski definition) is 2. The van der Waals surface area contributed by atoms with Gasteiger partial charge in [0.2, 0.25) is 0 Å². The van der Waals surface area contributed by atoms with Gasteiger partial charge in [0.25, 0.3) is 5.91 Å². The van der Waals surface area contributed by atoms with E-state index >= 15 is 0 Å². The van der Waals surface area contributed by atoms with Crippen LogP contribution in [-0.2, 0) is 0 Å². The predicted molar refractivity (Wildman–Crippen MR) is 110 cm³/mol. The number of amides is 1. The number of carbonyl (C=O) groups excluding carboxylic acids is 1. The number of phenols is 1. The molecule has 4 heteroatoms. The maximum Gasteiger partial charge on any atom is 0.253 e. The van der Waals surface area contributed by atoms with E-state index in [1.807, 2.05) is 61.2 Å². The van der Waals surface area contributed by atoms with E-state index in [2.05, 4.69) is 5.32 Å². The van der Waals surface area contributed by atoms with Crippen LogP contribution in [0.2, 0.25) is 0 Å². The summed E-state index contributed by atoms with van der Waals surface area (Å²) in [5.74, 6) is 0.354. The van der Waals surface area contributed by atoms with Gasteiger partial charge < -0.3 is 15.3 Å². The van der Waals surface area contributed by atoms with Gasteiger partial charge in [0, 0.05) is 24.2 Å². The van der Waals surface area contributed by atoms with Crippen LogP contribution in [0.1, 0.15) is 48.2 Å². The van der Waals surface area contributed by atoms with Crippen molar-refractivity contribution < 1.29 is 9.90 Å². The van der Waals surface area contributed by atoms with Gasteiger partial charge in [-0.25, -0.2) is 0 Å². The van der Waals surface area contributed by atoms with Gasteiger partial charge in [0.1, 0.15) is 5.75 Å². The Morgan fingerprint density at radius 2 is 1.56 bits per heavy atom. The minimum Gasteiger partial charge on any atom is -0.507 e. The van der Waals surface area contributed by atoms with Gasteiger partial charge in [-0.3, -0.25) is 4.79 Å². The number of piperidine rings is 1. The Hall–Kier alpha value is -2.59. The van der Waals surface area contributed by atoms with Gasteiger partial charge in [0.05, 0.1) is 0 Å². The molecule has 3 rings (SSSR count). The van der Waals surface area contributed by atoms with Crippen LogP contribution >= 0.6 is 0 Å². The van der Waals surface area contributed by atoms with E-state index in [-0.39, 0.29) is 5.91 Å². The van der Waals surface area contributed by atoms with Crippen LogP contribution in [0.3, 0.4) is 0 Å². The highest BCUT2D eigenvalue weighted by Gasteiger charge is 2.18. The van der Waals surface area contributed by atoms with E-state index in [4.69, 9.17) is 0 Å². The molecule has 1 heterocycles. The number of aromatic hydroxyl groups is 1. The average molecular weight is 364 g/mol. The molecule has 1 saturated heterocycles. The standard InChI is InChI=1S/C23H28N2O2/c1-3-25(4-2)23(27)19-11-9-17(10-12-19)22(18-13-15-24-16-14-18)20-7-5-6-8-21(20)26/h5-12,24,26H,3-4,13-16H2,1-2H3. The fourth-order valence-corrected chi connectivity index (χ4v) is 3.69. The minimum absolute atomic E-state index is 0.0603. The van der Waals surface area contributed by atoms with Crippen molar-refractivity contribution in [3.63, 3.8) is 0 Å². The molecule has 1 amide bonds. The minimum atomic E-state index is 0.0603. The van der Waals surface area contributed by atoms with E-state index in [1.54, 1.807) is 6.07 Å². The molecule has 142 valence electrons. The number of nitrogens with one attached hydrogen (secondary N) is 1. The van der Waals surface area contributed by atoms with Crippen molar-refractivity contribution in [2.24, 2.45) is 0 Å². The van der Waals surface area contributed by atoms with Crippen LogP contribution < -0.4 is 5.32 Å². The fraction of sp³-hybridized carbons (Fsp3) is 0.348. The van der Waals surface area contributed by atoms with Gasteiger partial charge in [0.15, 0.2) is 0 Å². The first-order valence-corrected chi connectivity index (χ1v) is 9.76. The highest BCUT2D eigenvalue weighted by atomic mass is 16.3. The van der Waals surface area contributed by atoms with Crippen molar-refractivity contribution in [2.75, 3.05) is 26.2 Å². The van der Waals surface area contributed by atoms with Crippen molar-refractivity contribution in [1.29, 1.82) is 0 Å². The molecule has 0 spiro atoms. The summed E-state index contributed by atoms with van der Waals surface area (Å²) in [4.78, 5) is 14.4. The van der Waals surface area contributed by atoms with E-state index in [0.717, 1.165) is 42.6 Å². The number of nitrogens with zero attached hydrogens (tertiary/aromatic N) is 1. The Morgan fingerprint density at radius 1 is 0.963 bits per heavy atom. The van der Waals surface area contributed by atoms with E-state index < -0.39 is 0 Å². The Kier molecular flexibility index (Phi) is 6.30. The molecule has 2 aromatic carbocycles. The fourth-order valence-electron chi connectivity index (χ4n) is 3.69. The number of rotatable bonds is 5. The summed E-state index contributed by atoms with van der Waals surface area (Å²) < 4.78 is 0. The molecule has 27 heavy (non-hydrogen) atoms. The molecule has 0 bridgehead atoms. The highest BCUT2D eigenvalue weighted by Crippen LogP contribution is 2.35. The van der Waals surface area contributed by atoms with Crippen molar-refractivity contribution >= 4 is 11.5 Å². The monoisotopic (exact) mass is 364 g/mol. The molecule has 0 radical (unpaired) electrons. The number of hydrogen-bond acceptors (Lipinski definition) is 3. The third kappa shape index (κ3) is 4.22. The van der Waals surface area contributed by atoms with E-state index in [1.165, 1.54) is 5.57 Å². The van der Waals surface area contributed by atoms with Crippen molar-refractivity contribution in [1.82, 2.24) is 10.2 Å². The van der Waals surface area contributed by atoms with Crippen LogP contribution in [0.15, 0.2) is 54.1 Å². The molecule has 2 N–H and O–H groups in total. The topological polar surface area (TPSA) is 52.6 Å². The summed E-state index contributed by atoms with van der Waals surface area (Å²) >= 11 is 0. The van der Waals surface area contributed by atoms with Crippen molar-refractivity contribution in [3.8, 4) is 5.75 Å². The second-order valence-corrected chi connectivity index (χ2v) is 6.80. The Labute approximate surface area is 161 Å². The molecule has 0 aliphatic carbocycles. The molecule has 1 aliphatic rings. The molecule has 0 unspecified atom stereocenters. The van der Waals surface area contributed by atoms with Crippen LogP contribution in [-0.4, -0.2) is 42.1 Å². The van der Waals surface area contributed by atoms with Crippen LogP contribution in [0, 0.1) is 0 Å². The zero-order valence-electron chi connectivity index (χ0n) is 16.2. The third-order valence-corrected chi connectivity index (χ3v) is 5.21. The molecule has 4 nitrogen and oxygen atoms in total. The molecular weight excluding hydrogens is 336 g/mol. The van der Waals surface area contributed by atoms with E-state index in [9.17, 15) is 9.90 Å². The zero-order chi connectivity index (χ0) is 19.2. The first-order valence-electron chi connectivity index (χ1n) is 9.76. The summed E-state index contributed by atoms with van der Waals surface area (Å²) in [6.07, 6.45) is 1.92. The van der Waals surface area contributed by atoms with Crippen LogP contribution in [0.4, 0.5) is 0 Å². The van der Waals surface area contributed by atoms with Crippen LogP contribution in [0.5, 0.6) is 5.75 Å². The van der Waals surface area contributed by atoms with Crippen LogP contribution in [0.25, 0.3) is 5.57 Å². The molecule has 0 saturated carbocycles. The molecule has 2 aromatic rings. The van der Waals surface area contributed by atoms with Gasteiger partial charge >= 0.3 is 0 Å². The summed E-state index contributed by atoms with van der Waals surface area (Å²) in [6, 6.07) is 15.3. The highest BCUT2D eigenvalue weighted by molar-refractivity contribution is 5.95. The lowest BCUT2D eigenvalue weighted by atomic mass is 9.88. The first kappa shape index (κ1) is 19.2. The van der Waals surface area contributed by atoms with Crippen molar-refractivity contribution in [2.45, 2.75) is 26.7 Å². The smallest absolute Gasteiger partial charge is 0.253 e. The molecule has 1 aliphatic heterocycles. The molecule has 1 fully saturated rings. The maximum absolute atomic E-state index is 12.6. The predicted octanol–water partition coefficient (Wildman–Crippen LogP) is 4.06. The van der Waals surface area contributed by atoms with Gasteiger partial charge in [-0.1, -0.05) is 35.9 Å². The molecule has 0 atom stereocenters. The largest absolute Gasteiger partial charge is 0.507 e. The normalized spacial score (nSPS) is 14.1. The summed E-state index contributed by atoms with van der Waals surface area (Å²) in [7, 11) is 0. The van der Waals surface area contributed by atoms with Gasteiger partial charge in [-0.05, 0) is 69.1 Å². The Bertz CT molecular complexity index is 813. The number of phenolic OH excluding ortho intramolecular Hbond substituents is 1. The quantitative estimate of drug-likeness (QED) is 0.841. The summed E-state index contributed by atoms with van der Waals surface area (Å²) in [5, 5.41) is 13.8. The lowest BCUT2D eigenvalue weighted by Gasteiger charge is -2.22. The first-order chi connectivity index (χ1) is 13.2. The summed E-state index contributed by atoms with van der Waals surface area (Å²) in [6.45, 7) is 7.30. The van der Waals surface area contributed by atoms with Crippen molar-refractivity contribution in [3.05, 3.63) is 70.8 Å². The lowest BCUT2D eigenvalue weighted by Crippen LogP contribution is -2.30. The SMILES string of the molecule is CCN(CC)C(=O)c1ccc(C(=C2CCNCC2)c2ccccc2O)cc1. The lowest BCUT2D eigenvalue weighted by molar-refractivity contribution is 0.0773. The maximum atomic E-state index is 12.6. The Balaban J connectivity index is 2.01. The number of para-hydroxylation sites is 1. The second kappa shape index (κ2) is 8.87. The number of benzene rings is 2. The zero-order valence-corrected chi connectivity index (χ0v) is 16.2.